The number of hydrazine groups is 1. The first-order valence-corrected chi connectivity index (χ1v) is 6.49. The number of aryl methyl sites for hydroxylation is 1. The van der Waals surface area contributed by atoms with Crippen molar-refractivity contribution in [2.24, 2.45) is 5.84 Å². The van der Waals surface area contributed by atoms with E-state index in [0.717, 1.165) is 21.7 Å². The molecule has 0 aromatic heterocycles. The fourth-order valence-electron chi connectivity index (χ4n) is 2.00. The molecule has 0 spiro atoms. The summed E-state index contributed by atoms with van der Waals surface area (Å²) in [6.07, 6.45) is 0. The van der Waals surface area contributed by atoms with Gasteiger partial charge in [0.25, 0.3) is 0 Å². The molecule has 2 nitrogen and oxygen atoms in total. The summed E-state index contributed by atoms with van der Waals surface area (Å²) in [6.45, 7) is 1.94. The van der Waals surface area contributed by atoms with E-state index in [0.29, 0.717) is 5.56 Å². The highest BCUT2D eigenvalue weighted by atomic mass is 79.9. The first-order chi connectivity index (χ1) is 9.02. The average Bonchev–Trinajstić information content (AvgIpc) is 2.34. The predicted molar refractivity (Wildman–Crippen MR) is 74.4 cm³/mol. The second-order valence-corrected chi connectivity index (χ2v) is 5.07. The van der Waals surface area contributed by atoms with Crippen LogP contribution in [0.15, 0.2) is 40.9 Å². The molecule has 3 N–H and O–H groups in total. The van der Waals surface area contributed by atoms with E-state index in [4.69, 9.17) is 5.84 Å². The molecule has 0 heterocycles. The second kappa shape index (κ2) is 5.77. The van der Waals surface area contributed by atoms with E-state index in [1.807, 2.05) is 25.1 Å². The molecule has 1 atom stereocenters. The van der Waals surface area contributed by atoms with Gasteiger partial charge in [0.2, 0.25) is 0 Å². The van der Waals surface area contributed by atoms with Gasteiger partial charge >= 0.3 is 0 Å². The summed E-state index contributed by atoms with van der Waals surface area (Å²) in [5.41, 5.74) is 4.88. The number of hydrogen-bond acceptors (Lipinski definition) is 2. The van der Waals surface area contributed by atoms with Crippen molar-refractivity contribution in [2.75, 3.05) is 0 Å². The molecule has 2 aromatic rings. The SMILES string of the molecule is Cc1cccc(C(NN)c2cc(F)cc(F)c2)c1Br. The van der Waals surface area contributed by atoms with E-state index in [9.17, 15) is 8.78 Å². The zero-order chi connectivity index (χ0) is 14.0. The summed E-state index contributed by atoms with van der Waals surface area (Å²) < 4.78 is 27.5. The third-order valence-corrected chi connectivity index (χ3v) is 4.00. The van der Waals surface area contributed by atoms with Crippen LogP contribution in [0.2, 0.25) is 0 Å². The van der Waals surface area contributed by atoms with Crippen LogP contribution in [0.1, 0.15) is 22.7 Å². The molecule has 19 heavy (non-hydrogen) atoms. The fraction of sp³-hybridized carbons (Fsp3) is 0.143. The molecular formula is C14H13BrF2N2. The lowest BCUT2D eigenvalue weighted by Gasteiger charge is -2.19. The Morgan fingerprint density at radius 1 is 1.16 bits per heavy atom. The van der Waals surface area contributed by atoms with Gasteiger partial charge in [-0.3, -0.25) is 5.84 Å². The molecule has 0 saturated heterocycles. The Morgan fingerprint density at radius 2 is 1.79 bits per heavy atom. The van der Waals surface area contributed by atoms with Crippen molar-refractivity contribution < 1.29 is 8.78 Å². The molecule has 0 amide bonds. The van der Waals surface area contributed by atoms with Crippen molar-refractivity contribution in [2.45, 2.75) is 13.0 Å². The van der Waals surface area contributed by atoms with Gasteiger partial charge in [-0.1, -0.05) is 34.1 Å². The summed E-state index contributed by atoms with van der Waals surface area (Å²) >= 11 is 3.47. The van der Waals surface area contributed by atoms with Crippen molar-refractivity contribution >= 4 is 15.9 Å². The summed E-state index contributed by atoms with van der Waals surface area (Å²) in [5, 5.41) is 0. The van der Waals surface area contributed by atoms with Crippen molar-refractivity contribution in [1.82, 2.24) is 5.43 Å². The van der Waals surface area contributed by atoms with Gasteiger partial charge in [0.15, 0.2) is 0 Å². The maximum absolute atomic E-state index is 13.3. The molecule has 1 unspecified atom stereocenters. The number of nitrogens with one attached hydrogen (secondary N) is 1. The molecule has 0 radical (unpaired) electrons. The highest BCUT2D eigenvalue weighted by Crippen LogP contribution is 2.30. The normalized spacial score (nSPS) is 12.5. The Bertz CT molecular complexity index is 582. The van der Waals surface area contributed by atoms with Crippen molar-refractivity contribution in [1.29, 1.82) is 0 Å². The standard InChI is InChI=1S/C14H13BrF2N2/c1-8-3-2-4-12(13(8)15)14(19-18)9-5-10(16)7-11(17)6-9/h2-7,14,19H,18H2,1H3. The Balaban J connectivity index is 2.53. The predicted octanol–water partition coefficient (Wildman–Crippen LogP) is 3.59. The topological polar surface area (TPSA) is 38.0 Å². The third-order valence-electron chi connectivity index (χ3n) is 2.92. The fourth-order valence-corrected chi connectivity index (χ4v) is 2.49. The van der Waals surface area contributed by atoms with Crippen LogP contribution >= 0.6 is 15.9 Å². The first-order valence-electron chi connectivity index (χ1n) is 5.70. The number of nitrogens with two attached hydrogens (primary N) is 1. The summed E-state index contributed by atoms with van der Waals surface area (Å²) in [7, 11) is 0. The van der Waals surface area contributed by atoms with Crippen LogP contribution in [0.3, 0.4) is 0 Å². The van der Waals surface area contributed by atoms with E-state index in [-0.39, 0.29) is 0 Å². The van der Waals surface area contributed by atoms with Gasteiger partial charge in [0, 0.05) is 10.5 Å². The van der Waals surface area contributed by atoms with Gasteiger partial charge in [-0.05, 0) is 35.7 Å². The number of rotatable bonds is 3. The highest BCUT2D eigenvalue weighted by Gasteiger charge is 2.17. The highest BCUT2D eigenvalue weighted by molar-refractivity contribution is 9.10. The van der Waals surface area contributed by atoms with Crippen LogP contribution in [-0.4, -0.2) is 0 Å². The minimum atomic E-state index is -0.626. The Hall–Kier alpha value is -1.30. The van der Waals surface area contributed by atoms with Crippen molar-refractivity contribution in [3.8, 4) is 0 Å². The molecule has 0 bridgehead atoms. The van der Waals surface area contributed by atoms with Gasteiger partial charge in [0.1, 0.15) is 11.6 Å². The lowest BCUT2D eigenvalue weighted by atomic mass is 9.97. The molecular weight excluding hydrogens is 314 g/mol. The molecule has 2 rings (SSSR count). The maximum Gasteiger partial charge on any atom is 0.126 e. The largest absolute Gasteiger partial charge is 0.271 e. The molecule has 0 saturated carbocycles. The van der Waals surface area contributed by atoms with E-state index < -0.39 is 17.7 Å². The van der Waals surface area contributed by atoms with Crippen LogP contribution in [0.5, 0.6) is 0 Å². The van der Waals surface area contributed by atoms with Gasteiger partial charge in [-0.2, -0.15) is 0 Å². The average molecular weight is 327 g/mol. The molecule has 0 aliphatic carbocycles. The Labute approximate surface area is 118 Å². The zero-order valence-electron chi connectivity index (χ0n) is 10.3. The number of halogens is 3. The van der Waals surface area contributed by atoms with Crippen molar-refractivity contribution in [3.05, 3.63) is 69.2 Å². The van der Waals surface area contributed by atoms with Gasteiger partial charge in [-0.25, -0.2) is 14.2 Å². The molecule has 100 valence electrons. The summed E-state index contributed by atoms with van der Waals surface area (Å²) in [6, 6.07) is 8.54. The van der Waals surface area contributed by atoms with E-state index in [2.05, 4.69) is 21.4 Å². The number of benzene rings is 2. The van der Waals surface area contributed by atoms with Crippen LogP contribution in [0, 0.1) is 18.6 Å². The minimum Gasteiger partial charge on any atom is -0.271 e. The zero-order valence-corrected chi connectivity index (χ0v) is 11.8. The lowest BCUT2D eigenvalue weighted by Crippen LogP contribution is -2.29. The lowest BCUT2D eigenvalue weighted by molar-refractivity contribution is 0.565. The third kappa shape index (κ3) is 3.00. The van der Waals surface area contributed by atoms with Gasteiger partial charge in [0.05, 0.1) is 6.04 Å². The molecule has 0 aliphatic rings. The van der Waals surface area contributed by atoms with Crippen molar-refractivity contribution in [3.63, 3.8) is 0 Å². The smallest absolute Gasteiger partial charge is 0.126 e. The van der Waals surface area contributed by atoms with Crippen LogP contribution in [-0.2, 0) is 0 Å². The van der Waals surface area contributed by atoms with E-state index in [1.54, 1.807) is 0 Å². The Morgan fingerprint density at radius 3 is 2.37 bits per heavy atom. The summed E-state index contributed by atoms with van der Waals surface area (Å²) in [4.78, 5) is 0. The van der Waals surface area contributed by atoms with Crippen LogP contribution < -0.4 is 11.3 Å². The van der Waals surface area contributed by atoms with Crippen LogP contribution in [0.4, 0.5) is 8.78 Å². The molecule has 5 heteroatoms. The Kier molecular flexibility index (Phi) is 4.29. The maximum atomic E-state index is 13.3. The van der Waals surface area contributed by atoms with Gasteiger partial charge in [-0.15, -0.1) is 0 Å². The number of hydrogen-bond donors (Lipinski definition) is 2. The first kappa shape index (κ1) is 14.1. The minimum absolute atomic E-state index is 0.436. The quantitative estimate of drug-likeness (QED) is 0.668. The monoisotopic (exact) mass is 326 g/mol. The second-order valence-electron chi connectivity index (χ2n) is 4.28. The van der Waals surface area contributed by atoms with Gasteiger partial charge < -0.3 is 0 Å². The molecule has 0 fully saturated rings. The van der Waals surface area contributed by atoms with E-state index >= 15 is 0 Å². The van der Waals surface area contributed by atoms with E-state index in [1.165, 1.54) is 12.1 Å². The summed E-state index contributed by atoms with van der Waals surface area (Å²) in [5.74, 6) is 4.29. The van der Waals surface area contributed by atoms with Crippen LogP contribution in [0.25, 0.3) is 0 Å². The molecule has 2 aromatic carbocycles. The molecule has 0 aliphatic heterocycles.